The molecule has 52 heavy (non-hydrogen) atoms. The van der Waals surface area contributed by atoms with E-state index in [9.17, 15) is 0 Å². The minimum absolute atomic E-state index is 0.157. The summed E-state index contributed by atoms with van der Waals surface area (Å²) in [7, 11) is 0. The predicted octanol–water partition coefficient (Wildman–Crippen LogP) is 14.3. The molecule has 1 aliphatic rings. The zero-order valence-corrected chi connectivity index (χ0v) is 29.3. The van der Waals surface area contributed by atoms with Crippen LogP contribution >= 0.6 is 0 Å². The Bertz CT molecular complexity index is 2800. The third kappa shape index (κ3) is 4.77. The molecular weight excluding hydrogens is 627 g/mol. The van der Waals surface area contributed by atoms with Gasteiger partial charge in [-0.15, -0.1) is 0 Å². The summed E-state index contributed by atoms with van der Waals surface area (Å²) in [5.41, 5.74) is 13.6. The Morgan fingerprint density at radius 2 is 0.942 bits per heavy atom. The van der Waals surface area contributed by atoms with Gasteiger partial charge in [0.15, 0.2) is 0 Å². The summed E-state index contributed by atoms with van der Waals surface area (Å²) in [6.07, 6.45) is 0. The fraction of sp³-hybridized carbons (Fsp3) is 0.0588. The molecule has 0 spiro atoms. The average Bonchev–Trinajstić information content (AvgIpc) is 3.42. The highest BCUT2D eigenvalue weighted by atomic mass is 15.1. The van der Waals surface area contributed by atoms with Crippen LogP contribution in [0.1, 0.15) is 25.0 Å². The van der Waals surface area contributed by atoms with Crippen LogP contribution in [0.25, 0.3) is 65.7 Å². The van der Waals surface area contributed by atoms with Gasteiger partial charge in [-0.1, -0.05) is 159 Å². The van der Waals surface area contributed by atoms with E-state index in [2.05, 4.69) is 207 Å². The summed E-state index contributed by atoms with van der Waals surface area (Å²) in [6.45, 7) is 4.76. The third-order valence-corrected chi connectivity index (χ3v) is 11.2. The fourth-order valence-corrected chi connectivity index (χ4v) is 8.58. The van der Waals surface area contributed by atoms with Crippen LogP contribution in [0, 0.1) is 0 Å². The lowest BCUT2D eigenvalue weighted by molar-refractivity contribution is 0.661. The number of anilines is 3. The molecule has 0 bridgehead atoms. The van der Waals surface area contributed by atoms with E-state index in [0.29, 0.717) is 0 Å². The summed E-state index contributed by atoms with van der Waals surface area (Å²) < 4.78 is 0. The summed E-state index contributed by atoms with van der Waals surface area (Å²) in [6, 6.07) is 69.3. The van der Waals surface area contributed by atoms with Crippen LogP contribution in [0.3, 0.4) is 0 Å². The number of nitrogens with zero attached hydrogens (tertiary/aromatic N) is 1. The molecule has 1 aliphatic carbocycles. The molecule has 0 saturated carbocycles. The number of benzene rings is 9. The third-order valence-electron chi connectivity index (χ3n) is 11.2. The minimum atomic E-state index is -0.157. The molecule has 10 rings (SSSR count). The first kappa shape index (κ1) is 30.4. The van der Waals surface area contributed by atoms with Crippen molar-refractivity contribution in [1.29, 1.82) is 0 Å². The molecule has 0 N–H and O–H groups in total. The standard InChI is InChI=1S/C51H37N/c1-51(2)47-32-39-18-7-6-17-38(39)31-46(47)44-29-28-41(33-48(44)51)52(40-26-23-35(24-27-40)34-13-4-3-5-14-34)49-30-25-37-16-9-11-21-43(37)50(49)45-22-12-19-36-15-8-10-20-42(36)45/h3-33H,1-2H3. The van der Waals surface area contributed by atoms with Gasteiger partial charge in [0, 0.05) is 22.4 Å². The number of hydrogen-bond donors (Lipinski definition) is 0. The fourth-order valence-electron chi connectivity index (χ4n) is 8.58. The molecular formula is C51H37N. The zero-order valence-electron chi connectivity index (χ0n) is 29.3. The Labute approximate surface area is 305 Å². The van der Waals surface area contributed by atoms with Crippen LogP contribution in [-0.4, -0.2) is 0 Å². The Morgan fingerprint density at radius 3 is 1.71 bits per heavy atom. The van der Waals surface area contributed by atoms with Crippen molar-refractivity contribution in [2.75, 3.05) is 4.90 Å². The quantitative estimate of drug-likeness (QED) is 0.177. The highest BCUT2D eigenvalue weighted by molar-refractivity contribution is 6.11. The Balaban J connectivity index is 1.23. The van der Waals surface area contributed by atoms with Gasteiger partial charge in [-0.05, 0) is 114 Å². The predicted molar refractivity (Wildman–Crippen MR) is 222 cm³/mol. The summed E-state index contributed by atoms with van der Waals surface area (Å²) in [5, 5.41) is 7.53. The number of hydrogen-bond acceptors (Lipinski definition) is 1. The average molecular weight is 664 g/mol. The van der Waals surface area contributed by atoms with Crippen LogP contribution < -0.4 is 4.90 Å². The van der Waals surface area contributed by atoms with E-state index in [1.807, 2.05) is 0 Å². The molecule has 0 amide bonds. The molecule has 0 aliphatic heterocycles. The SMILES string of the molecule is CC1(C)c2cc(N(c3ccc(-c4ccccc4)cc3)c3ccc4ccccc4c3-c3cccc4ccccc34)ccc2-c2cc3ccccc3cc21. The van der Waals surface area contributed by atoms with Gasteiger partial charge in [0.25, 0.3) is 0 Å². The molecule has 0 fully saturated rings. The van der Waals surface area contributed by atoms with Gasteiger partial charge in [0.1, 0.15) is 0 Å². The highest BCUT2D eigenvalue weighted by Gasteiger charge is 2.36. The van der Waals surface area contributed by atoms with E-state index in [1.165, 1.54) is 76.8 Å². The summed E-state index contributed by atoms with van der Waals surface area (Å²) in [5.74, 6) is 0. The first-order chi connectivity index (χ1) is 25.5. The second-order valence-electron chi connectivity index (χ2n) is 14.6. The molecule has 0 atom stereocenters. The second kappa shape index (κ2) is 11.8. The van der Waals surface area contributed by atoms with Crippen molar-refractivity contribution in [2.45, 2.75) is 19.3 Å². The maximum atomic E-state index is 2.48. The Hall–Kier alpha value is -6.44. The van der Waals surface area contributed by atoms with E-state index < -0.39 is 0 Å². The minimum Gasteiger partial charge on any atom is -0.310 e. The first-order valence-corrected chi connectivity index (χ1v) is 18.2. The molecule has 1 heteroatoms. The zero-order chi connectivity index (χ0) is 34.8. The largest absolute Gasteiger partial charge is 0.310 e. The summed E-state index contributed by atoms with van der Waals surface area (Å²) in [4.78, 5) is 2.48. The number of rotatable bonds is 5. The topological polar surface area (TPSA) is 3.24 Å². The maximum Gasteiger partial charge on any atom is 0.0546 e. The Morgan fingerprint density at radius 1 is 0.365 bits per heavy atom. The van der Waals surface area contributed by atoms with Crippen LogP contribution in [0.15, 0.2) is 188 Å². The second-order valence-corrected chi connectivity index (χ2v) is 14.6. The van der Waals surface area contributed by atoms with E-state index in [1.54, 1.807) is 0 Å². The monoisotopic (exact) mass is 663 g/mol. The Kier molecular flexibility index (Phi) is 6.91. The van der Waals surface area contributed by atoms with Crippen molar-refractivity contribution in [3.8, 4) is 33.4 Å². The van der Waals surface area contributed by atoms with E-state index >= 15 is 0 Å². The van der Waals surface area contributed by atoms with E-state index in [-0.39, 0.29) is 5.41 Å². The molecule has 9 aromatic rings. The highest BCUT2D eigenvalue weighted by Crippen LogP contribution is 2.53. The molecule has 0 saturated heterocycles. The summed E-state index contributed by atoms with van der Waals surface area (Å²) >= 11 is 0. The smallest absolute Gasteiger partial charge is 0.0546 e. The molecule has 9 aromatic carbocycles. The lowest BCUT2D eigenvalue weighted by Crippen LogP contribution is -2.17. The first-order valence-electron chi connectivity index (χ1n) is 18.2. The van der Waals surface area contributed by atoms with E-state index in [4.69, 9.17) is 0 Å². The van der Waals surface area contributed by atoms with Crippen molar-refractivity contribution in [3.63, 3.8) is 0 Å². The van der Waals surface area contributed by atoms with Crippen LogP contribution in [-0.2, 0) is 5.41 Å². The molecule has 0 unspecified atom stereocenters. The van der Waals surface area contributed by atoms with Crippen LogP contribution in [0.2, 0.25) is 0 Å². The van der Waals surface area contributed by atoms with Gasteiger partial charge in [0.05, 0.1) is 5.69 Å². The van der Waals surface area contributed by atoms with Crippen molar-refractivity contribution in [2.24, 2.45) is 0 Å². The van der Waals surface area contributed by atoms with Gasteiger partial charge in [0.2, 0.25) is 0 Å². The maximum absolute atomic E-state index is 2.48. The van der Waals surface area contributed by atoms with E-state index in [0.717, 1.165) is 17.1 Å². The van der Waals surface area contributed by atoms with Gasteiger partial charge in [-0.3, -0.25) is 0 Å². The normalized spacial score (nSPS) is 13.0. The number of fused-ring (bicyclic) bond motifs is 6. The van der Waals surface area contributed by atoms with Crippen molar-refractivity contribution in [1.82, 2.24) is 0 Å². The van der Waals surface area contributed by atoms with Gasteiger partial charge >= 0.3 is 0 Å². The van der Waals surface area contributed by atoms with Crippen molar-refractivity contribution in [3.05, 3.63) is 199 Å². The molecule has 1 nitrogen and oxygen atoms in total. The lowest BCUT2D eigenvalue weighted by Gasteiger charge is -2.31. The molecule has 0 radical (unpaired) electrons. The lowest BCUT2D eigenvalue weighted by atomic mass is 9.81. The van der Waals surface area contributed by atoms with Gasteiger partial charge in [-0.2, -0.15) is 0 Å². The van der Waals surface area contributed by atoms with Crippen LogP contribution in [0.5, 0.6) is 0 Å². The van der Waals surface area contributed by atoms with Gasteiger partial charge in [-0.25, -0.2) is 0 Å². The van der Waals surface area contributed by atoms with Gasteiger partial charge < -0.3 is 4.90 Å². The molecule has 246 valence electrons. The molecule has 0 aromatic heterocycles. The molecule has 0 heterocycles. The van der Waals surface area contributed by atoms with Crippen LogP contribution in [0.4, 0.5) is 17.1 Å². The van der Waals surface area contributed by atoms with Crippen molar-refractivity contribution >= 4 is 49.4 Å². The van der Waals surface area contributed by atoms with Crippen molar-refractivity contribution < 1.29 is 0 Å².